The lowest BCUT2D eigenvalue weighted by Gasteiger charge is -2.37. The van der Waals surface area contributed by atoms with E-state index in [0.717, 1.165) is 64.6 Å². The number of rotatable bonds is 5. The van der Waals surface area contributed by atoms with Gasteiger partial charge in [-0.1, -0.05) is 19.9 Å². The van der Waals surface area contributed by atoms with Gasteiger partial charge >= 0.3 is 0 Å². The molecule has 3 heterocycles. The highest BCUT2D eigenvalue weighted by molar-refractivity contribution is 7.10. The lowest BCUT2D eigenvalue weighted by Crippen LogP contribution is -2.55. The average molecular weight is 392 g/mol. The molecule has 0 saturated carbocycles. The second-order valence-electron chi connectivity index (χ2n) is 8.11. The topological polar surface area (TPSA) is 51.2 Å². The van der Waals surface area contributed by atoms with Crippen LogP contribution in [0.5, 0.6) is 0 Å². The van der Waals surface area contributed by atoms with Gasteiger partial charge in [0.05, 0.1) is 6.54 Å². The first-order valence-corrected chi connectivity index (χ1v) is 10.9. The fourth-order valence-electron chi connectivity index (χ4n) is 3.76. The molecule has 0 bridgehead atoms. The van der Waals surface area contributed by atoms with Crippen LogP contribution in [-0.4, -0.2) is 86.0 Å². The van der Waals surface area contributed by atoms with Crippen molar-refractivity contribution >= 4 is 23.2 Å². The van der Waals surface area contributed by atoms with Crippen LogP contribution >= 0.6 is 11.3 Å². The van der Waals surface area contributed by atoms with E-state index in [0.29, 0.717) is 12.5 Å². The smallest absolute Gasteiger partial charge is 0.236 e. The minimum absolute atomic E-state index is 0.0775. The first-order chi connectivity index (χ1) is 13.0. The van der Waals surface area contributed by atoms with E-state index in [1.165, 1.54) is 4.88 Å². The number of carbonyl (C=O) groups is 1. The van der Waals surface area contributed by atoms with Crippen LogP contribution in [0, 0.1) is 0 Å². The maximum atomic E-state index is 12.3. The van der Waals surface area contributed by atoms with E-state index in [2.05, 4.69) is 51.5 Å². The summed E-state index contributed by atoms with van der Waals surface area (Å²) in [6, 6.07) is 4.31. The Morgan fingerprint density at radius 1 is 1.15 bits per heavy atom. The van der Waals surface area contributed by atoms with Gasteiger partial charge in [0.15, 0.2) is 5.96 Å². The van der Waals surface area contributed by atoms with E-state index in [-0.39, 0.29) is 5.41 Å². The standard InChI is InChI=1S/C20H33N5OS/c1-20(2,17-7-6-14-27-17)16-22-19(21-3)25-12-10-23(11-13-25)15-18(26)24-8-4-5-9-24/h6-7,14H,4-5,8-13,15-16H2,1-3H3,(H,21,22). The summed E-state index contributed by atoms with van der Waals surface area (Å²) in [5.41, 5.74) is 0.0775. The highest BCUT2D eigenvalue weighted by atomic mass is 32.1. The third kappa shape index (κ3) is 5.23. The molecule has 1 aromatic heterocycles. The van der Waals surface area contributed by atoms with Gasteiger partial charge < -0.3 is 15.1 Å². The molecule has 1 amide bonds. The molecule has 0 aromatic carbocycles. The minimum atomic E-state index is 0.0775. The number of thiophene rings is 1. The summed E-state index contributed by atoms with van der Waals surface area (Å²) in [5, 5.41) is 5.69. The minimum Gasteiger partial charge on any atom is -0.355 e. The zero-order valence-corrected chi connectivity index (χ0v) is 17.7. The summed E-state index contributed by atoms with van der Waals surface area (Å²) in [4.78, 5) is 24.8. The largest absolute Gasteiger partial charge is 0.355 e. The van der Waals surface area contributed by atoms with Crippen molar-refractivity contribution in [3.05, 3.63) is 22.4 Å². The fourth-order valence-corrected chi connectivity index (χ4v) is 4.61. The monoisotopic (exact) mass is 391 g/mol. The predicted molar refractivity (Wildman–Crippen MR) is 113 cm³/mol. The highest BCUT2D eigenvalue weighted by Gasteiger charge is 2.26. The number of aliphatic imine (C=N–C) groups is 1. The molecule has 7 heteroatoms. The van der Waals surface area contributed by atoms with E-state index < -0.39 is 0 Å². The van der Waals surface area contributed by atoms with Gasteiger partial charge in [-0.25, -0.2) is 0 Å². The SMILES string of the molecule is CN=C(NCC(C)(C)c1cccs1)N1CCN(CC(=O)N2CCCC2)CC1. The molecule has 1 N–H and O–H groups in total. The maximum absolute atomic E-state index is 12.3. The Hall–Kier alpha value is -1.60. The van der Waals surface area contributed by atoms with Gasteiger partial charge in [-0.15, -0.1) is 11.3 Å². The van der Waals surface area contributed by atoms with Crippen LogP contribution in [0.15, 0.2) is 22.5 Å². The quantitative estimate of drug-likeness (QED) is 0.615. The van der Waals surface area contributed by atoms with Crippen molar-refractivity contribution in [1.82, 2.24) is 20.0 Å². The van der Waals surface area contributed by atoms with Crippen LogP contribution in [-0.2, 0) is 10.2 Å². The molecule has 0 unspecified atom stereocenters. The van der Waals surface area contributed by atoms with E-state index in [1.807, 2.05) is 11.9 Å². The Balaban J connectivity index is 1.45. The van der Waals surface area contributed by atoms with Gasteiger partial charge in [-0.2, -0.15) is 0 Å². The first-order valence-electron chi connectivity index (χ1n) is 9.99. The molecular weight excluding hydrogens is 358 g/mol. The maximum Gasteiger partial charge on any atom is 0.236 e. The molecule has 150 valence electrons. The molecule has 0 spiro atoms. The van der Waals surface area contributed by atoms with Gasteiger partial charge in [-0.3, -0.25) is 14.7 Å². The molecule has 6 nitrogen and oxygen atoms in total. The molecule has 0 radical (unpaired) electrons. The van der Waals surface area contributed by atoms with Crippen LogP contribution < -0.4 is 5.32 Å². The van der Waals surface area contributed by atoms with E-state index in [9.17, 15) is 4.79 Å². The lowest BCUT2D eigenvalue weighted by atomic mass is 9.91. The summed E-state index contributed by atoms with van der Waals surface area (Å²) in [6.07, 6.45) is 2.31. The van der Waals surface area contributed by atoms with E-state index >= 15 is 0 Å². The number of piperazine rings is 1. The average Bonchev–Trinajstić information content (AvgIpc) is 3.37. The second-order valence-corrected chi connectivity index (χ2v) is 9.06. The molecule has 2 aliphatic rings. The number of hydrogen-bond donors (Lipinski definition) is 1. The zero-order valence-electron chi connectivity index (χ0n) is 16.9. The number of likely N-dealkylation sites (tertiary alicyclic amines) is 1. The number of nitrogens with zero attached hydrogens (tertiary/aromatic N) is 4. The Morgan fingerprint density at radius 3 is 2.44 bits per heavy atom. The van der Waals surface area contributed by atoms with Crippen molar-refractivity contribution < 1.29 is 4.79 Å². The summed E-state index contributed by atoms with van der Waals surface area (Å²) in [7, 11) is 1.85. The molecule has 2 aliphatic heterocycles. The molecular formula is C20H33N5OS. The van der Waals surface area contributed by atoms with Crippen molar-refractivity contribution in [2.45, 2.75) is 32.1 Å². The predicted octanol–water partition coefficient (Wildman–Crippen LogP) is 1.84. The van der Waals surface area contributed by atoms with E-state index in [4.69, 9.17) is 0 Å². The first kappa shape index (κ1) is 20.1. The van der Waals surface area contributed by atoms with Crippen LogP contribution in [0.3, 0.4) is 0 Å². The van der Waals surface area contributed by atoms with Crippen molar-refractivity contribution in [2.24, 2.45) is 4.99 Å². The van der Waals surface area contributed by atoms with Crippen LogP contribution in [0.25, 0.3) is 0 Å². The van der Waals surface area contributed by atoms with Crippen molar-refractivity contribution in [1.29, 1.82) is 0 Å². The zero-order chi connectivity index (χ0) is 19.3. The number of guanidine groups is 1. The van der Waals surface area contributed by atoms with E-state index in [1.54, 1.807) is 11.3 Å². The summed E-state index contributed by atoms with van der Waals surface area (Å²) >= 11 is 1.80. The second kappa shape index (κ2) is 9.06. The van der Waals surface area contributed by atoms with Gasteiger partial charge in [0.2, 0.25) is 5.91 Å². The van der Waals surface area contributed by atoms with Crippen molar-refractivity contribution in [3.8, 4) is 0 Å². The molecule has 0 atom stereocenters. The Kier molecular flexibility index (Phi) is 6.76. The summed E-state index contributed by atoms with van der Waals surface area (Å²) < 4.78 is 0. The number of carbonyl (C=O) groups excluding carboxylic acids is 1. The normalized spacial score (nSPS) is 19.6. The molecule has 2 fully saturated rings. The Bertz CT molecular complexity index is 629. The van der Waals surface area contributed by atoms with Crippen LogP contribution in [0.4, 0.5) is 0 Å². The van der Waals surface area contributed by atoms with Crippen molar-refractivity contribution in [3.63, 3.8) is 0 Å². The molecule has 3 rings (SSSR count). The molecule has 0 aliphatic carbocycles. The van der Waals surface area contributed by atoms with Gasteiger partial charge in [-0.05, 0) is 24.3 Å². The fraction of sp³-hybridized carbons (Fsp3) is 0.700. The summed E-state index contributed by atoms with van der Waals surface area (Å²) in [5.74, 6) is 1.26. The Labute approximate surface area is 167 Å². The Morgan fingerprint density at radius 2 is 1.85 bits per heavy atom. The highest BCUT2D eigenvalue weighted by Crippen LogP contribution is 2.26. The molecule has 1 aromatic rings. The van der Waals surface area contributed by atoms with Crippen LogP contribution in [0.2, 0.25) is 0 Å². The van der Waals surface area contributed by atoms with Crippen LogP contribution in [0.1, 0.15) is 31.6 Å². The third-order valence-corrected chi connectivity index (χ3v) is 6.81. The number of nitrogens with one attached hydrogen (secondary N) is 1. The lowest BCUT2D eigenvalue weighted by molar-refractivity contribution is -0.131. The van der Waals surface area contributed by atoms with Gasteiger partial charge in [0, 0.05) is 63.2 Å². The summed E-state index contributed by atoms with van der Waals surface area (Å²) in [6.45, 7) is 11.5. The van der Waals surface area contributed by atoms with Gasteiger partial charge in [0.25, 0.3) is 0 Å². The number of hydrogen-bond acceptors (Lipinski definition) is 4. The number of amides is 1. The third-order valence-electron chi connectivity index (χ3n) is 5.58. The van der Waals surface area contributed by atoms with Gasteiger partial charge in [0.1, 0.15) is 0 Å². The molecule has 27 heavy (non-hydrogen) atoms. The molecule has 2 saturated heterocycles. The van der Waals surface area contributed by atoms with Crippen molar-refractivity contribution in [2.75, 3.05) is 59.4 Å².